The van der Waals surface area contributed by atoms with E-state index in [1.54, 1.807) is 0 Å². The van der Waals surface area contributed by atoms with Gasteiger partial charge in [0.05, 0.1) is 24.8 Å². The Morgan fingerprint density at radius 2 is 2.06 bits per heavy atom. The molecule has 102 valence electrons. The summed E-state index contributed by atoms with van der Waals surface area (Å²) in [6.45, 7) is 4.78. The van der Waals surface area contributed by atoms with E-state index in [-0.39, 0.29) is 0 Å². The minimum Gasteiger partial charge on any atom is -0.490 e. The maximum absolute atomic E-state index is 6.02. The molecule has 4 nitrogen and oxygen atoms in total. The first-order chi connectivity index (χ1) is 8.74. The summed E-state index contributed by atoms with van der Waals surface area (Å²) in [4.78, 5) is 0. The van der Waals surface area contributed by atoms with Crippen molar-refractivity contribution < 1.29 is 20.5 Å². The molecule has 6 heteroatoms. The Hall–Kier alpha value is -0.330. The van der Waals surface area contributed by atoms with E-state index in [1.165, 1.54) is 0 Å². The van der Waals surface area contributed by atoms with Gasteiger partial charge in [0.15, 0.2) is 0 Å². The van der Waals surface area contributed by atoms with Gasteiger partial charge in [-0.3, -0.25) is 0 Å². The number of quaternary nitrogens is 2. The Kier molecular flexibility index (Phi) is 8.37. The Balaban J connectivity index is 2.07. The zero-order valence-electron chi connectivity index (χ0n) is 10.3. The van der Waals surface area contributed by atoms with Crippen molar-refractivity contribution in [3.8, 4) is 5.75 Å². The Morgan fingerprint density at radius 3 is 2.78 bits per heavy atom. The van der Waals surface area contributed by atoms with Crippen molar-refractivity contribution in [1.82, 2.24) is 0 Å². The van der Waals surface area contributed by atoms with Gasteiger partial charge in [-0.15, -0.1) is 0 Å². The fraction of sp³-hybridized carbons (Fsp3) is 0.500. The van der Waals surface area contributed by atoms with E-state index in [1.807, 2.05) is 18.2 Å². The summed E-state index contributed by atoms with van der Waals surface area (Å²) in [6.07, 6.45) is 0. The molecular weight excluding hydrogens is 320 g/mol. The summed E-state index contributed by atoms with van der Waals surface area (Å²) in [5.41, 5.74) is 3.77. The minimum atomic E-state index is 0.511. The maximum atomic E-state index is 6.02. The number of ether oxygens (including phenoxy) is 2. The molecule has 0 aromatic heterocycles. The first-order valence-electron chi connectivity index (χ1n) is 6.00. The molecule has 0 bridgehead atoms. The lowest BCUT2D eigenvalue weighted by Crippen LogP contribution is -2.88. The quantitative estimate of drug-likeness (QED) is 0.636. The highest BCUT2D eigenvalue weighted by atomic mass is 79.9. The van der Waals surface area contributed by atoms with E-state index in [4.69, 9.17) is 21.1 Å². The fourth-order valence-electron chi connectivity index (χ4n) is 1.36. The number of nitrogens with two attached hydrogens (primary N) is 1. The third kappa shape index (κ3) is 6.56. The number of rotatable bonds is 9. The van der Waals surface area contributed by atoms with Crippen LogP contribution in [0.2, 0.25) is 5.02 Å². The third-order valence-corrected chi connectivity index (χ3v) is 3.04. The molecule has 5 N–H and O–H groups in total. The van der Waals surface area contributed by atoms with E-state index >= 15 is 0 Å². The molecule has 18 heavy (non-hydrogen) atoms. The van der Waals surface area contributed by atoms with E-state index in [2.05, 4.69) is 27.0 Å². The van der Waals surface area contributed by atoms with Crippen LogP contribution in [0.25, 0.3) is 0 Å². The molecule has 0 saturated carbocycles. The second kappa shape index (κ2) is 9.58. The van der Waals surface area contributed by atoms with Crippen molar-refractivity contribution in [3.63, 3.8) is 0 Å². The number of hydrogen-bond donors (Lipinski definition) is 2. The third-order valence-electron chi connectivity index (χ3n) is 2.25. The minimum absolute atomic E-state index is 0.511. The van der Waals surface area contributed by atoms with Gasteiger partial charge in [-0.25, -0.2) is 0 Å². The fourth-order valence-corrected chi connectivity index (χ4v) is 2.09. The van der Waals surface area contributed by atoms with Gasteiger partial charge >= 0.3 is 0 Å². The van der Waals surface area contributed by atoms with Gasteiger partial charge in [0.25, 0.3) is 0 Å². The highest BCUT2D eigenvalue weighted by Crippen LogP contribution is 2.27. The van der Waals surface area contributed by atoms with Gasteiger partial charge in [-0.2, -0.15) is 0 Å². The lowest BCUT2D eigenvalue weighted by Gasteiger charge is -2.08. The predicted molar refractivity (Wildman–Crippen MR) is 74.9 cm³/mol. The van der Waals surface area contributed by atoms with Crippen molar-refractivity contribution in [2.75, 3.05) is 39.5 Å². The highest BCUT2D eigenvalue weighted by molar-refractivity contribution is 9.10. The predicted octanol–water partition coefficient (Wildman–Crippen LogP) is 0.303. The second-order valence-electron chi connectivity index (χ2n) is 3.76. The number of hydrogen-bond acceptors (Lipinski definition) is 2. The van der Waals surface area contributed by atoms with Crippen molar-refractivity contribution in [1.29, 1.82) is 0 Å². The van der Waals surface area contributed by atoms with Crippen LogP contribution in [-0.4, -0.2) is 39.5 Å². The first-order valence-corrected chi connectivity index (χ1v) is 7.17. The SMILES string of the molecule is [NH3+]CC[NH2+]CCOCCOc1ccc(Br)cc1Cl. The van der Waals surface area contributed by atoms with Gasteiger partial charge in [-0.1, -0.05) is 27.5 Å². The van der Waals surface area contributed by atoms with Crippen LogP contribution in [-0.2, 0) is 4.74 Å². The van der Waals surface area contributed by atoms with Crippen LogP contribution in [0.4, 0.5) is 0 Å². The lowest BCUT2D eigenvalue weighted by atomic mass is 10.3. The largest absolute Gasteiger partial charge is 0.490 e. The molecule has 0 heterocycles. The first kappa shape index (κ1) is 15.7. The van der Waals surface area contributed by atoms with E-state index in [9.17, 15) is 0 Å². The Morgan fingerprint density at radius 1 is 1.22 bits per heavy atom. The molecule has 0 radical (unpaired) electrons. The van der Waals surface area contributed by atoms with Crippen LogP contribution >= 0.6 is 27.5 Å². The van der Waals surface area contributed by atoms with Gasteiger partial charge in [0.1, 0.15) is 25.4 Å². The summed E-state index contributed by atoms with van der Waals surface area (Å²) < 4.78 is 11.9. The molecule has 0 aliphatic rings. The van der Waals surface area contributed by atoms with Crippen molar-refractivity contribution in [3.05, 3.63) is 27.7 Å². The molecule has 0 spiro atoms. The van der Waals surface area contributed by atoms with Gasteiger partial charge < -0.3 is 20.5 Å². The second-order valence-corrected chi connectivity index (χ2v) is 5.08. The van der Waals surface area contributed by atoms with Crippen LogP contribution in [0.15, 0.2) is 22.7 Å². The van der Waals surface area contributed by atoms with Crippen LogP contribution in [0.3, 0.4) is 0 Å². The summed E-state index contributed by atoms with van der Waals surface area (Å²) in [7, 11) is 0. The smallest absolute Gasteiger partial charge is 0.138 e. The highest BCUT2D eigenvalue weighted by Gasteiger charge is 2.01. The summed E-state index contributed by atoms with van der Waals surface area (Å²) in [6, 6.07) is 5.55. The summed E-state index contributed by atoms with van der Waals surface area (Å²) >= 11 is 9.37. The van der Waals surface area contributed by atoms with Gasteiger partial charge in [0.2, 0.25) is 0 Å². The van der Waals surface area contributed by atoms with Crippen LogP contribution in [0.5, 0.6) is 5.75 Å². The summed E-state index contributed by atoms with van der Waals surface area (Å²) in [5.74, 6) is 0.687. The maximum Gasteiger partial charge on any atom is 0.138 e. The number of benzene rings is 1. The average molecular weight is 340 g/mol. The van der Waals surface area contributed by atoms with E-state index in [0.29, 0.717) is 24.0 Å². The van der Waals surface area contributed by atoms with Crippen molar-refractivity contribution in [2.45, 2.75) is 0 Å². The molecule has 1 rings (SSSR count). The number of halogens is 2. The molecule has 0 unspecified atom stereocenters. The zero-order valence-corrected chi connectivity index (χ0v) is 12.7. The molecule has 1 aromatic carbocycles. The molecule has 0 aliphatic carbocycles. The van der Waals surface area contributed by atoms with E-state index in [0.717, 1.165) is 30.7 Å². The Bertz CT molecular complexity index is 353. The van der Waals surface area contributed by atoms with Crippen LogP contribution in [0, 0.1) is 0 Å². The zero-order chi connectivity index (χ0) is 13.2. The molecule has 0 saturated heterocycles. The molecule has 0 amide bonds. The molecule has 0 atom stereocenters. The topological polar surface area (TPSA) is 62.7 Å². The van der Waals surface area contributed by atoms with E-state index < -0.39 is 0 Å². The molecule has 1 aromatic rings. The normalized spacial score (nSPS) is 10.6. The summed E-state index contributed by atoms with van der Waals surface area (Å²) in [5, 5.41) is 2.80. The average Bonchev–Trinajstić information content (AvgIpc) is 2.35. The van der Waals surface area contributed by atoms with Crippen molar-refractivity contribution in [2.24, 2.45) is 0 Å². The van der Waals surface area contributed by atoms with Crippen LogP contribution in [0.1, 0.15) is 0 Å². The standard InChI is InChI=1S/C12H18BrClN2O2/c13-10-1-2-12(11(14)9-10)18-8-7-17-6-5-16-4-3-15/h1-2,9,16H,3-8,15H2/p+2. The monoisotopic (exact) mass is 338 g/mol. The van der Waals surface area contributed by atoms with Gasteiger partial charge in [0, 0.05) is 4.47 Å². The van der Waals surface area contributed by atoms with Crippen molar-refractivity contribution >= 4 is 27.5 Å². The lowest BCUT2D eigenvalue weighted by molar-refractivity contribution is -0.671. The molecule has 0 fully saturated rings. The van der Waals surface area contributed by atoms with Crippen LogP contribution < -0.4 is 15.8 Å². The Labute approximate surface area is 121 Å². The molecule has 0 aliphatic heterocycles. The molecular formula is C12H20BrClN2O2+2. The van der Waals surface area contributed by atoms with Gasteiger partial charge in [-0.05, 0) is 18.2 Å².